The van der Waals surface area contributed by atoms with E-state index in [4.69, 9.17) is 4.74 Å². The van der Waals surface area contributed by atoms with Crippen LogP contribution in [0.2, 0.25) is 0 Å². The van der Waals surface area contributed by atoms with Crippen molar-refractivity contribution in [1.29, 1.82) is 0 Å². The monoisotopic (exact) mass is 208 g/mol. The van der Waals surface area contributed by atoms with Gasteiger partial charge in [-0.25, -0.2) is 4.79 Å². The highest BCUT2D eigenvalue weighted by Gasteiger charge is 2.48. The summed E-state index contributed by atoms with van der Waals surface area (Å²) in [5, 5.41) is 0. The van der Waals surface area contributed by atoms with Crippen LogP contribution in [0.5, 0.6) is 0 Å². The molecule has 1 saturated carbocycles. The molecule has 0 unspecified atom stereocenters. The number of carbonyl (C=O) groups excluding carboxylic acids is 1. The maximum absolute atomic E-state index is 11.6. The molecule has 2 fully saturated rings. The molecule has 2 nitrogen and oxygen atoms in total. The number of rotatable bonds is 0. The van der Waals surface area contributed by atoms with Gasteiger partial charge >= 0.3 is 5.97 Å². The Bertz CT molecular complexity index is 304. The molecule has 0 aromatic heterocycles. The van der Waals surface area contributed by atoms with Crippen LogP contribution in [0.15, 0.2) is 12.2 Å². The van der Waals surface area contributed by atoms with E-state index in [-0.39, 0.29) is 11.6 Å². The summed E-state index contributed by atoms with van der Waals surface area (Å²) in [7, 11) is 0. The van der Waals surface area contributed by atoms with E-state index in [0.29, 0.717) is 23.3 Å². The lowest BCUT2D eigenvalue weighted by atomic mass is 9.64. The minimum absolute atomic E-state index is 0.185. The van der Waals surface area contributed by atoms with Crippen LogP contribution >= 0.6 is 0 Å². The first-order valence-corrected chi connectivity index (χ1v) is 5.84. The molecule has 2 aliphatic rings. The summed E-state index contributed by atoms with van der Waals surface area (Å²) in [6, 6.07) is 0. The third-order valence-corrected chi connectivity index (χ3v) is 4.07. The Labute approximate surface area is 91.7 Å². The second-order valence-corrected chi connectivity index (χ2v) is 5.65. The second-order valence-electron chi connectivity index (χ2n) is 5.65. The first-order valence-electron chi connectivity index (χ1n) is 5.84. The third-order valence-electron chi connectivity index (χ3n) is 4.07. The summed E-state index contributed by atoms with van der Waals surface area (Å²) < 4.78 is 5.45. The predicted molar refractivity (Wildman–Crippen MR) is 59.3 cm³/mol. The maximum atomic E-state index is 11.6. The Morgan fingerprint density at radius 2 is 2.07 bits per heavy atom. The molecule has 0 N–H and O–H groups in total. The van der Waals surface area contributed by atoms with E-state index >= 15 is 0 Å². The van der Waals surface area contributed by atoms with Crippen LogP contribution in [-0.4, -0.2) is 11.6 Å². The fraction of sp³-hybridized carbons (Fsp3) is 0.769. The summed E-state index contributed by atoms with van der Waals surface area (Å²) in [6.07, 6.45) is 3.50. The Morgan fingerprint density at radius 3 is 2.73 bits per heavy atom. The fourth-order valence-corrected chi connectivity index (χ4v) is 3.13. The van der Waals surface area contributed by atoms with Crippen molar-refractivity contribution in [3.8, 4) is 0 Å². The van der Waals surface area contributed by atoms with E-state index in [1.165, 1.54) is 6.42 Å². The van der Waals surface area contributed by atoms with Crippen molar-refractivity contribution in [2.45, 2.75) is 45.6 Å². The Balaban J connectivity index is 2.27. The highest BCUT2D eigenvalue weighted by Crippen LogP contribution is 2.47. The normalized spacial score (nSPS) is 39.5. The van der Waals surface area contributed by atoms with Crippen molar-refractivity contribution >= 4 is 5.97 Å². The van der Waals surface area contributed by atoms with Crippen LogP contribution in [-0.2, 0) is 9.53 Å². The molecule has 2 heteroatoms. The molecular weight excluding hydrogens is 188 g/mol. The zero-order valence-corrected chi connectivity index (χ0v) is 9.88. The molecular formula is C13H20O2. The van der Waals surface area contributed by atoms with Gasteiger partial charge in [-0.2, -0.15) is 0 Å². The smallest absolute Gasteiger partial charge is 0.334 e. The summed E-state index contributed by atoms with van der Waals surface area (Å²) in [5.74, 6) is 1.35. The lowest BCUT2D eigenvalue weighted by molar-refractivity contribution is -0.170. The number of cyclic esters (lactones) is 1. The Morgan fingerprint density at radius 1 is 1.40 bits per heavy atom. The van der Waals surface area contributed by atoms with Gasteiger partial charge in [-0.3, -0.25) is 0 Å². The van der Waals surface area contributed by atoms with Gasteiger partial charge in [0.25, 0.3) is 0 Å². The van der Waals surface area contributed by atoms with Crippen molar-refractivity contribution in [2.24, 2.45) is 17.8 Å². The van der Waals surface area contributed by atoms with Gasteiger partial charge in [-0.1, -0.05) is 19.9 Å². The largest absolute Gasteiger partial charge is 0.456 e. The van der Waals surface area contributed by atoms with Crippen LogP contribution in [0, 0.1) is 17.8 Å². The number of ether oxygens (including phenoxy) is 1. The number of hydrogen-bond acceptors (Lipinski definition) is 2. The summed E-state index contributed by atoms with van der Waals surface area (Å²) in [5.41, 5.74) is 0.397. The van der Waals surface area contributed by atoms with Gasteiger partial charge in [-0.15, -0.1) is 0 Å². The van der Waals surface area contributed by atoms with E-state index in [9.17, 15) is 4.79 Å². The zero-order chi connectivity index (χ0) is 11.2. The van der Waals surface area contributed by atoms with E-state index < -0.39 is 0 Å². The summed E-state index contributed by atoms with van der Waals surface area (Å²) in [4.78, 5) is 11.6. The molecule has 1 saturated heterocycles. The molecule has 0 aromatic rings. The molecule has 3 atom stereocenters. The minimum atomic E-state index is -0.302. The fourth-order valence-electron chi connectivity index (χ4n) is 3.13. The SMILES string of the molecule is C=C1C(=O)OC(C)(C)[C@H]2CC[C@H](C)C[C@H]12. The van der Waals surface area contributed by atoms with Gasteiger partial charge in [0.1, 0.15) is 5.60 Å². The minimum Gasteiger partial charge on any atom is -0.456 e. The Hall–Kier alpha value is -0.790. The van der Waals surface area contributed by atoms with Gasteiger partial charge < -0.3 is 4.74 Å². The number of hydrogen-bond donors (Lipinski definition) is 0. The first kappa shape index (κ1) is 10.7. The first-order chi connectivity index (χ1) is 6.92. The zero-order valence-electron chi connectivity index (χ0n) is 9.88. The van der Waals surface area contributed by atoms with Crippen molar-refractivity contribution in [3.05, 3.63) is 12.2 Å². The van der Waals surface area contributed by atoms with E-state index in [1.807, 2.05) is 13.8 Å². The Kier molecular flexibility index (Phi) is 2.40. The quantitative estimate of drug-likeness (QED) is 0.452. The maximum Gasteiger partial charge on any atom is 0.334 e. The van der Waals surface area contributed by atoms with Gasteiger partial charge in [-0.05, 0) is 38.5 Å². The molecule has 1 heterocycles. The molecule has 0 bridgehead atoms. The summed E-state index contributed by atoms with van der Waals surface area (Å²) in [6.45, 7) is 10.2. The molecule has 84 valence electrons. The van der Waals surface area contributed by atoms with Crippen LogP contribution in [0.3, 0.4) is 0 Å². The molecule has 0 amide bonds. The highest BCUT2D eigenvalue weighted by molar-refractivity contribution is 5.89. The predicted octanol–water partition coefficient (Wildman–Crippen LogP) is 2.93. The van der Waals surface area contributed by atoms with Crippen molar-refractivity contribution in [1.82, 2.24) is 0 Å². The number of esters is 1. The van der Waals surface area contributed by atoms with E-state index in [2.05, 4.69) is 13.5 Å². The second kappa shape index (κ2) is 3.36. The average molecular weight is 208 g/mol. The standard InChI is InChI=1S/C13H20O2/c1-8-5-6-11-10(7-8)9(2)12(14)15-13(11,3)4/h8,10-11H,2,5-7H2,1,3-4H3/t8-,10+,11-/m0/s1. The molecule has 0 spiro atoms. The van der Waals surface area contributed by atoms with Gasteiger partial charge in [0.2, 0.25) is 0 Å². The molecule has 15 heavy (non-hydrogen) atoms. The molecule has 1 aliphatic carbocycles. The lowest BCUT2D eigenvalue weighted by Gasteiger charge is -2.47. The molecule has 2 rings (SSSR count). The van der Waals surface area contributed by atoms with Crippen molar-refractivity contribution in [3.63, 3.8) is 0 Å². The highest BCUT2D eigenvalue weighted by atomic mass is 16.6. The van der Waals surface area contributed by atoms with Crippen molar-refractivity contribution < 1.29 is 9.53 Å². The summed E-state index contributed by atoms with van der Waals surface area (Å²) >= 11 is 0. The van der Waals surface area contributed by atoms with E-state index in [0.717, 1.165) is 12.8 Å². The number of fused-ring (bicyclic) bond motifs is 1. The number of carbonyl (C=O) groups is 1. The van der Waals surface area contributed by atoms with Crippen LogP contribution in [0.1, 0.15) is 40.0 Å². The van der Waals surface area contributed by atoms with Crippen LogP contribution in [0.25, 0.3) is 0 Å². The third kappa shape index (κ3) is 1.70. The van der Waals surface area contributed by atoms with Gasteiger partial charge in [0, 0.05) is 11.5 Å². The lowest BCUT2D eigenvalue weighted by Crippen LogP contribution is -2.49. The average Bonchev–Trinajstić information content (AvgIpc) is 2.13. The van der Waals surface area contributed by atoms with Crippen LogP contribution in [0.4, 0.5) is 0 Å². The van der Waals surface area contributed by atoms with Gasteiger partial charge in [0.15, 0.2) is 0 Å². The van der Waals surface area contributed by atoms with Crippen molar-refractivity contribution in [2.75, 3.05) is 0 Å². The topological polar surface area (TPSA) is 26.3 Å². The molecule has 0 aromatic carbocycles. The van der Waals surface area contributed by atoms with E-state index in [1.54, 1.807) is 0 Å². The molecule has 1 aliphatic heterocycles. The molecule has 0 radical (unpaired) electrons. The van der Waals surface area contributed by atoms with Crippen LogP contribution < -0.4 is 0 Å². The van der Waals surface area contributed by atoms with Gasteiger partial charge in [0.05, 0.1) is 0 Å².